The molecule has 91 heavy (non-hydrogen) atoms. The molecule has 2 unspecified atom stereocenters. The second-order valence-corrected chi connectivity index (χ2v) is 28.9. The number of aliphatic hydroxyl groups excluding tert-OH is 1. The smallest absolute Gasteiger partial charge is 0.462 e. The van der Waals surface area contributed by atoms with Crippen LogP contribution in [-0.2, 0) is 65.4 Å². The van der Waals surface area contributed by atoms with Crippen LogP contribution >= 0.6 is 15.6 Å². The van der Waals surface area contributed by atoms with E-state index < -0.39 is 97.5 Å². The predicted octanol–water partition coefficient (Wildman–Crippen LogP) is 21.1. The summed E-state index contributed by atoms with van der Waals surface area (Å²) in [4.78, 5) is 72.3. The van der Waals surface area contributed by atoms with Gasteiger partial charge in [-0.1, -0.05) is 329 Å². The molecule has 0 radical (unpaired) electrons. The van der Waals surface area contributed by atoms with Gasteiger partial charge in [-0.15, -0.1) is 0 Å². The second-order valence-electron chi connectivity index (χ2n) is 26.0. The number of hydrogen-bond donors (Lipinski definition) is 3. The van der Waals surface area contributed by atoms with Crippen molar-refractivity contribution in [2.45, 2.75) is 399 Å². The molecule has 0 amide bonds. The Bertz CT molecular complexity index is 1740. The highest BCUT2D eigenvalue weighted by molar-refractivity contribution is 7.47. The fraction of sp³-hybridized carbons (Fsp3) is 0.944. The highest BCUT2D eigenvalue weighted by Gasteiger charge is 2.30. The van der Waals surface area contributed by atoms with Gasteiger partial charge in [0.15, 0.2) is 12.2 Å². The van der Waals surface area contributed by atoms with Crippen LogP contribution < -0.4 is 0 Å². The van der Waals surface area contributed by atoms with E-state index in [9.17, 15) is 43.2 Å². The highest BCUT2D eigenvalue weighted by atomic mass is 31.2. The molecular weight excluding hydrogens is 1200 g/mol. The van der Waals surface area contributed by atoms with Crippen molar-refractivity contribution in [1.29, 1.82) is 0 Å². The molecule has 540 valence electrons. The normalized spacial score (nSPS) is 14.0. The standard InChI is InChI=1S/C72H140O17P2/c1-5-9-13-17-20-23-26-28-30-32-33-35-37-39-41-44-47-51-55-59-72(77)89-68(63-83-70(75)57-53-49-45-43-40-38-36-34-31-29-27-24-21-18-14-10-6-2)65-87-91(80,81)85-61-66(73)60-84-90(78,79)86-64-67(62-82-69(74)56-52-48-16-12-8-4)88-71(76)58-54-50-46-42-25-22-19-15-11-7-3/h66-68,73H,5-65H2,1-4H3,(H,78,79)(H,80,81)/t66-,67+,68+/m0/s1. The van der Waals surface area contributed by atoms with Crippen LogP contribution in [0.3, 0.4) is 0 Å². The number of carbonyl (C=O) groups is 4. The van der Waals surface area contributed by atoms with Crippen LogP contribution in [0.2, 0.25) is 0 Å². The third-order valence-electron chi connectivity index (χ3n) is 16.9. The zero-order chi connectivity index (χ0) is 66.8. The minimum atomic E-state index is -4.95. The lowest BCUT2D eigenvalue weighted by molar-refractivity contribution is -0.161. The molecule has 0 aromatic heterocycles. The number of carbonyl (C=O) groups excluding carboxylic acids is 4. The monoisotopic (exact) mass is 1340 g/mol. The Labute approximate surface area is 556 Å². The maximum absolute atomic E-state index is 13.0. The van der Waals surface area contributed by atoms with E-state index in [2.05, 4.69) is 27.7 Å². The molecular formula is C72H140O17P2. The van der Waals surface area contributed by atoms with Gasteiger partial charge in [0, 0.05) is 25.7 Å². The van der Waals surface area contributed by atoms with Crippen molar-refractivity contribution < 1.29 is 80.2 Å². The van der Waals surface area contributed by atoms with Crippen molar-refractivity contribution in [3.05, 3.63) is 0 Å². The Kier molecular flexibility index (Phi) is 65.2. The number of phosphoric ester groups is 2. The van der Waals surface area contributed by atoms with Crippen LogP contribution in [-0.4, -0.2) is 96.7 Å². The van der Waals surface area contributed by atoms with Gasteiger partial charge in [0.05, 0.1) is 26.4 Å². The largest absolute Gasteiger partial charge is 0.472 e. The number of hydrogen-bond acceptors (Lipinski definition) is 15. The zero-order valence-electron chi connectivity index (χ0n) is 58.8. The maximum Gasteiger partial charge on any atom is 0.472 e. The number of ether oxygens (including phenoxy) is 4. The summed E-state index contributed by atoms with van der Waals surface area (Å²) >= 11 is 0. The third kappa shape index (κ3) is 66.5. The van der Waals surface area contributed by atoms with Crippen molar-refractivity contribution in [2.24, 2.45) is 0 Å². The molecule has 0 aliphatic heterocycles. The first-order valence-electron chi connectivity index (χ1n) is 37.8. The molecule has 3 N–H and O–H groups in total. The van der Waals surface area contributed by atoms with E-state index >= 15 is 0 Å². The molecule has 0 fully saturated rings. The molecule has 0 aromatic carbocycles. The van der Waals surface area contributed by atoms with Crippen molar-refractivity contribution in [3.63, 3.8) is 0 Å². The van der Waals surface area contributed by atoms with Gasteiger partial charge in [-0.2, -0.15) is 0 Å². The molecule has 0 saturated heterocycles. The quantitative estimate of drug-likeness (QED) is 0.0222. The van der Waals surface area contributed by atoms with Gasteiger partial charge in [0.25, 0.3) is 0 Å². The van der Waals surface area contributed by atoms with Crippen LogP contribution in [0, 0.1) is 0 Å². The summed E-state index contributed by atoms with van der Waals surface area (Å²) in [6.07, 6.45) is 56.0. The first-order valence-corrected chi connectivity index (χ1v) is 40.8. The number of esters is 4. The van der Waals surface area contributed by atoms with Gasteiger partial charge in [0.1, 0.15) is 19.3 Å². The van der Waals surface area contributed by atoms with Gasteiger partial charge in [-0.25, -0.2) is 9.13 Å². The molecule has 0 rings (SSSR count). The molecule has 0 aliphatic rings. The van der Waals surface area contributed by atoms with Gasteiger partial charge in [-0.3, -0.25) is 37.3 Å². The summed E-state index contributed by atoms with van der Waals surface area (Å²) in [7, 11) is -9.89. The van der Waals surface area contributed by atoms with E-state index in [4.69, 9.17) is 37.0 Å². The number of unbranched alkanes of at least 4 members (excludes halogenated alkanes) is 47. The van der Waals surface area contributed by atoms with Crippen LogP contribution in [0.15, 0.2) is 0 Å². The molecule has 0 aliphatic carbocycles. The lowest BCUT2D eigenvalue weighted by Gasteiger charge is -2.21. The summed E-state index contributed by atoms with van der Waals surface area (Å²) in [6, 6.07) is 0. The van der Waals surface area contributed by atoms with Crippen molar-refractivity contribution in [3.8, 4) is 0 Å². The second kappa shape index (κ2) is 66.7. The van der Waals surface area contributed by atoms with Crippen LogP contribution in [0.4, 0.5) is 0 Å². The topological polar surface area (TPSA) is 237 Å². The molecule has 5 atom stereocenters. The van der Waals surface area contributed by atoms with Gasteiger partial charge in [-0.05, 0) is 25.7 Å². The van der Waals surface area contributed by atoms with Crippen LogP contribution in [0.1, 0.15) is 381 Å². The maximum atomic E-state index is 13.0. The highest BCUT2D eigenvalue weighted by Crippen LogP contribution is 2.45. The van der Waals surface area contributed by atoms with Gasteiger partial charge < -0.3 is 33.8 Å². The minimum Gasteiger partial charge on any atom is -0.462 e. The Morgan fingerprint density at radius 1 is 0.264 bits per heavy atom. The van der Waals surface area contributed by atoms with Crippen molar-refractivity contribution >= 4 is 39.5 Å². The summed E-state index contributed by atoms with van der Waals surface area (Å²) in [6.45, 7) is 4.86. The average Bonchev–Trinajstić information content (AvgIpc) is 3.45. The fourth-order valence-electron chi connectivity index (χ4n) is 11.0. The van der Waals surface area contributed by atoms with Gasteiger partial charge in [0.2, 0.25) is 0 Å². The van der Waals surface area contributed by atoms with Gasteiger partial charge >= 0.3 is 39.5 Å². The van der Waals surface area contributed by atoms with E-state index in [0.717, 1.165) is 96.3 Å². The molecule has 0 heterocycles. The van der Waals surface area contributed by atoms with Crippen LogP contribution in [0.25, 0.3) is 0 Å². The molecule has 17 nitrogen and oxygen atoms in total. The van der Waals surface area contributed by atoms with Crippen molar-refractivity contribution in [1.82, 2.24) is 0 Å². The number of rotatable bonds is 73. The van der Waals surface area contributed by atoms with E-state index in [1.54, 1.807) is 0 Å². The SMILES string of the molecule is CCCCCCCCCCCCCCCCCCCCCC(=O)O[C@H](COC(=O)CCCCCCCCCCCCCCCCCCC)COP(=O)(O)OC[C@@H](O)COP(=O)(O)OC[C@@H](COC(=O)CCCCCCC)OC(=O)CCCCCCCCCCCC. The minimum absolute atomic E-state index is 0.106. The zero-order valence-corrected chi connectivity index (χ0v) is 60.6. The summed E-state index contributed by atoms with van der Waals surface area (Å²) in [5.41, 5.74) is 0. The predicted molar refractivity (Wildman–Crippen MR) is 368 cm³/mol. The molecule has 0 spiro atoms. The average molecular weight is 1340 g/mol. The number of aliphatic hydroxyl groups is 1. The van der Waals surface area contributed by atoms with E-state index in [-0.39, 0.29) is 25.7 Å². The Hall–Kier alpha value is -1.94. The Balaban J connectivity index is 5.12. The van der Waals surface area contributed by atoms with Crippen LogP contribution in [0.5, 0.6) is 0 Å². The number of phosphoric acid groups is 2. The molecule has 0 bridgehead atoms. The molecule has 0 saturated carbocycles. The Morgan fingerprint density at radius 3 is 0.648 bits per heavy atom. The summed E-state index contributed by atoms with van der Waals surface area (Å²) in [5, 5.41) is 10.6. The fourth-order valence-corrected chi connectivity index (χ4v) is 12.6. The third-order valence-corrected chi connectivity index (χ3v) is 18.8. The molecule has 0 aromatic rings. The lowest BCUT2D eigenvalue weighted by atomic mass is 10.0. The summed E-state index contributed by atoms with van der Waals surface area (Å²) in [5.74, 6) is -2.13. The van der Waals surface area contributed by atoms with Crippen molar-refractivity contribution in [2.75, 3.05) is 39.6 Å². The van der Waals surface area contributed by atoms with E-state index in [0.29, 0.717) is 25.7 Å². The van der Waals surface area contributed by atoms with E-state index in [1.807, 2.05) is 0 Å². The summed E-state index contributed by atoms with van der Waals surface area (Å²) < 4.78 is 68.1. The molecule has 19 heteroatoms. The Morgan fingerprint density at radius 2 is 0.440 bits per heavy atom. The first-order chi connectivity index (χ1) is 44.2. The first kappa shape index (κ1) is 89.1. The lowest BCUT2D eigenvalue weighted by Crippen LogP contribution is -2.30. The van der Waals surface area contributed by atoms with E-state index in [1.165, 1.54) is 205 Å².